The lowest BCUT2D eigenvalue weighted by atomic mass is 9.78. The zero-order chi connectivity index (χ0) is 15.7. The van der Waals surface area contributed by atoms with Crippen molar-refractivity contribution in [1.82, 2.24) is 20.3 Å². The molecular formula is C15H21N5O2. The zero-order valence-electron chi connectivity index (χ0n) is 12.8. The van der Waals surface area contributed by atoms with Crippen LogP contribution in [0.5, 0.6) is 0 Å². The first-order valence-corrected chi connectivity index (χ1v) is 7.62. The summed E-state index contributed by atoms with van der Waals surface area (Å²) in [7, 11) is 0. The second-order valence-electron chi connectivity index (χ2n) is 6.05. The Balaban J connectivity index is 1.71. The Morgan fingerprint density at radius 1 is 1.45 bits per heavy atom. The molecule has 1 amide bonds. The van der Waals surface area contributed by atoms with Gasteiger partial charge in [0.2, 0.25) is 5.89 Å². The number of oxazole rings is 1. The smallest absolute Gasteiger partial charge is 0.273 e. The number of nitrogens with one attached hydrogen (secondary N) is 2. The lowest BCUT2D eigenvalue weighted by Crippen LogP contribution is -2.43. The van der Waals surface area contributed by atoms with Crippen molar-refractivity contribution < 1.29 is 9.21 Å². The average molecular weight is 303 g/mol. The zero-order valence-corrected chi connectivity index (χ0v) is 12.8. The fourth-order valence-corrected chi connectivity index (χ4v) is 3.00. The second kappa shape index (κ2) is 5.82. The van der Waals surface area contributed by atoms with Gasteiger partial charge in [-0.3, -0.25) is 4.79 Å². The Bertz CT molecular complexity index is 662. The Morgan fingerprint density at radius 2 is 2.27 bits per heavy atom. The number of carbonyl (C=O) groups is 1. The van der Waals surface area contributed by atoms with E-state index in [0.717, 1.165) is 12.8 Å². The molecule has 2 aromatic heterocycles. The Labute approximate surface area is 128 Å². The summed E-state index contributed by atoms with van der Waals surface area (Å²) < 4.78 is 5.32. The quantitative estimate of drug-likeness (QED) is 0.805. The maximum Gasteiger partial charge on any atom is 0.273 e. The van der Waals surface area contributed by atoms with Gasteiger partial charge in [-0.15, -0.1) is 0 Å². The molecule has 1 fully saturated rings. The van der Waals surface area contributed by atoms with Crippen LogP contribution in [-0.2, 0) is 0 Å². The van der Waals surface area contributed by atoms with Gasteiger partial charge in [0, 0.05) is 6.04 Å². The summed E-state index contributed by atoms with van der Waals surface area (Å²) in [6.45, 7) is 4.42. The van der Waals surface area contributed by atoms with Crippen molar-refractivity contribution in [2.24, 2.45) is 11.8 Å². The molecule has 2 aromatic rings. The van der Waals surface area contributed by atoms with Crippen LogP contribution in [0.15, 0.2) is 17.0 Å². The van der Waals surface area contributed by atoms with Crippen molar-refractivity contribution in [3.63, 3.8) is 0 Å². The van der Waals surface area contributed by atoms with Crippen LogP contribution in [0.2, 0.25) is 0 Å². The number of H-pyrrole nitrogens is 1. The molecule has 1 aliphatic carbocycles. The van der Waals surface area contributed by atoms with E-state index in [9.17, 15) is 4.79 Å². The maximum atomic E-state index is 12.3. The van der Waals surface area contributed by atoms with E-state index in [2.05, 4.69) is 34.1 Å². The molecule has 7 heteroatoms. The van der Waals surface area contributed by atoms with Crippen molar-refractivity contribution in [1.29, 1.82) is 0 Å². The fourth-order valence-electron chi connectivity index (χ4n) is 3.00. The van der Waals surface area contributed by atoms with Gasteiger partial charge in [-0.1, -0.05) is 26.7 Å². The predicted octanol–water partition coefficient (Wildman–Crippen LogP) is 2.20. The highest BCUT2D eigenvalue weighted by atomic mass is 16.3. The number of anilines is 1. The lowest BCUT2D eigenvalue weighted by Gasteiger charge is -2.34. The van der Waals surface area contributed by atoms with Gasteiger partial charge >= 0.3 is 0 Å². The van der Waals surface area contributed by atoms with E-state index >= 15 is 0 Å². The number of aromatic amines is 1. The van der Waals surface area contributed by atoms with Gasteiger partial charge < -0.3 is 20.5 Å². The molecule has 1 aliphatic rings. The molecule has 2 heterocycles. The van der Waals surface area contributed by atoms with E-state index in [1.807, 2.05) is 0 Å². The van der Waals surface area contributed by atoms with Crippen LogP contribution in [0.1, 0.15) is 43.6 Å². The van der Waals surface area contributed by atoms with Gasteiger partial charge in [-0.05, 0) is 18.3 Å². The molecular weight excluding hydrogens is 282 g/mol. The van der Waals surface area contributed by atoms with Crippen molar-refractivity contribution >= 4 is 11.7 Å². The summed E-state index contributed by atoms with van der Waals surface area (Å²) >= 11 is 0. The number of carbonyl (C=O) groups excluding carboxylic acids is 1. The van der Waals surface area contributed by atoms with Crippen molar-refractivity contribution in [3.8, 4) is 11.6 Å². The van der Waals surface area contributed by atoms with Crippen molar-refractivity contribution in [2.45, 2.75) is 39.2 Å². The molecule has 4 N–H and O–H groups in total. The van der Waals surface area contributed by atoms with E-state index in [4.69, 9.17) is 10.2 Å². The number of hydrogen-bond acceptors (Lipinski definition) is 5. The molecule has 22 heavy (non-hydrogen) atoms. The van der Waals surface area contributed by atoms with Crippen molar-refractivity contribution in [3.05, 3.63) is 18.3 Å². The number of nitrogens with zero attached hydrogens (tertiary/aromatic N) is 2. The van der Waals surface area contributed by atoms with E-state index in [1.165, 1.54) is 19.0 Å². The Morgan fingerprint density at radius 3 is 3.00 bits per heavy atom. The molecule has 3 unspecified atom stereocenters. The Hall–Kier alpha value is -2.31. The van der Waals surface area contributed by atoms with Crippen LogP contribution in [-0.4, -0.2) is 26.9 Å². The largest absolute Gasteiger partial charge is 0.442 e. The number of hydrogen-bond donors (Lipinski definition) is 3. The number of imidazole rings is 1. The number of nitrogen functional groups attached to an aromatic ring is 1. The van der Waals surface area contributed by atoms with E-state index < -0.39 is 0 Å². The van der Waals surface area contributed by atoms with Crippen LogP contribution in [0.25, 0.3) is 11.6 Å². The van der Waals surface area contributed by atoms with Crippen LogP contribution < -0.4 is 11.1 Å². The summed E-state index contributed by atoms with van der Waals surface area (Å²) in [6.07, 6.45) is 6.18. The molecule has 0 radical (unpaired) electrons. The predicted molar refractivity (Wildman–Crippen MR) is 81.9 cm³/mol. The van der Waals surface area contributed by atoms with Gasteiger partial charge in [0.05, 0.1) is 6.33 Å². The third-order valence-corrected chi connectivity index (χ3v) is 4.64. The highest BCUT2D eigenvalue weighted by Gasteiger charge is 2.29. The van der Waals surface area contributed by atoms with E-state index in [1.54, 1.807) is 0 Å². The van der Waals surface area contributed by atoms with Gasteiger partial charge in [0.25, 0.3) is 5.91 Å². The fraction of sp³-hybridized carbons (Fsp3) is 0.533. The van der Waals surface area contributed by atoms with Crippen LogP contribution in [0, 0.1) is 11.8 Å². The first-order valence-electron chi connectivity index (χ1n) is 7.62. The van der Waals surface area contributed by atoms with Crippen LogP contribution in [0.3, 0.4) is 0 Å². The highest BCUT2D eigenvalue weighted by molar-refractivity contribution is 5.92. The molecule has 0 bridgehead atoms. The molecule has 0 aromatic carbocycles. The average Bonchev–Trinajstić information content (AvgIpc) is 3.12. The summed E-state index contributed by atoms with van der Waals surface area (Å²) in [5.41, 5.74) is 6.44. The first kappa shape index (κ1) is 14.6. The molecule has 7 nitrogen and oxygen atoms in total. The molecule has 118 valence electrons. The van der Waals surface area contributed by atoms with Gasteiger partial charge in [0.1, 0.15) is 12.0 Å². The molecule has 1 saturated carbocycles. The number of aromatic nitrogens is 3. The van der Waals surface area contributed by atoms with Crippen LogP contribution >= 0.6 is 0 Å². The van der Waals surface area contributed by atoms with Gasteiger partial charge in [-0.2, -0.15) is 0 Å². The Kier molecular flexibility index (Phi) is 3.87. The molecule has 0 saturated heterocycles. The van der Waals surface area contributed by atoms with Crippen LogP contribution in [0.4, 0.5) is 5.82 Å². The minimum atomic E-state index is -0.209. The lowest BCUT2D eigenvalue weighted by molar-refractivity contribution is 0.0886. The minimum absolute atomic E-state index is 0.189. The van der Waals surface area contributed by atoms with Gasteiger partial charge in [0.15, 0.2) is 11.5 Å². The summed E-state index contributed by atoms with van der Waals surface area (Å²) in [6, 6.07) is 0.189. The van der Waals surface area contributed by atoms with E-state index in [-0.39, 0.29) is 23.5 Å². The minimum Gasteiger partial charge on any atom is -0.442 e. The van der Waals surface area contributed by atoms with Crippen molar-refractivity contribution in [2.75, 3.05) is 5.73 Å². The topological polar surface area (TPSA) is 110 Å². The summed E-state index contributed by atoms with van der Waals surface area (Å²) in [5, 5.41) is 3.07. The standard InChI is InChI=1S/C15H21N5O2/c1-8-4-3-5-10(9(8)2)19-14(21)11-6-22-15(20-11)12-13(16)18-7-17-12/h6-10H,3-5,16H2,1-2H3,(H,17,18)(H,19,21). The van der Waals surface area contributed by atoms with Gasteiger partial charge in [-0.25, -0.2) is 9.97 Å². The first-order chi connectivity index (χ1) is 10.6. The molecule has 3 atom stereocenters. The summed E-state index contributed by atoms with van der Waals surface area (Å²) in [4.78, 5) is 23.3. The third kappa shape index (κ3) is 2.70. The highest BCUT2D eigenvalue weighted by Crippen LogP contribution is 2.29. The SMILES string of the molecule is CC1CCCC(NC(=O)c2coc(-c3[nH]cnc3N)n2)C1C. The normalized spacial score (nSPS) is 25.1. The monoisotopic (exact) mass is 303 g/mol. The number of rotatable bonds is 3. The second-order valence-corrected chi connectivity index (χ2v) is 6.05. The van der Waals surface area contributed by atoms with E-state index in [0.29, 0.717) is 23.3 Å². The number of nitrogens with two attached hydrogens (primary N) is 1. The molecule has 3 rings (SSSR count). The summed E-state index contributed by atoms with van der Waals surface area (Å²) in [5.74, 6) is 1.44. The molecule has 0 aliphatic heterocycles. The number of amides is 1. The molecule has 0 spiro atoms. The third-order valence-electron chi connectivity index (χ3n) is 4.64. The maximum absolute atomic E-state index is 12.3.